The molecule has 21 heavy (non-hydrogen) atoms. The van der Waals surface area contributed by atoms with Crippen molar-refractivity contribution in [2.75, 3.05) is 0 Å². The van der Waals surface area contributed by atoms with Gasteiger partial charge in [0.15, 0.2) is 0 Å². The minimum atomic E-state index is -0.844. The van der Waals surface area contributed by atoms with Gasteiger partial charge < -0.3 is 15.2 Å². The van der Waals surface area contributed by atoms with Gasteiger partial charge in [-0.05, 0) is 39.5 Å². The molecule has 0 aromatic heterocycles. The maximum atomic E-state index is 12.2. The smallest absolute Gasteiger partial charge is 0.408 e. The lowest BCUT2D eigenvalue weighted by Gasteiger charge is -2.44. The number of amides is 1. The van der Waals surface area contributed by atoms with Gasteiger partial charge in [0, 0.05) is 0 Å². The van der Waals surface area contributed by atoms with Gasteiger partial charge in [0.1, 0.15) is 5.60 Å². The summed E-state index contributed by atoms with van der Waals surface area (Å²) in [5.41, 5.74) is -1.28. The van der Waals surface area contributed by atoms with Crippen LogP contribution in [0.2, 0.25) is 0 Å². The molecule has 1 atom stereocenters. The van der Waals surface area contributed by atoms with Crippen molar-refractivity contribution in [3.8, 4) is 0 Å². The second-order valence-corrected chi connectivity index (χ2v) is 7.40. The topological polar surface area (TPSA) is 75.6 Å². The number of carboxylic acid groups (broad SMARTS) is 1. The summed E-state index contributed by atoms with van der Waals surface area (Å²) >= 11 is 0. The van der Waals surface area contributed by atoms with Gasteiger partial charge in [-0.25, -0.2) is 4.79 Å². The number of carbonyl (C=O) groups is 2. The Bertz CT molecular complexity index is 378. The van der Waals surface area contributed by atoms with Crippen molar-refractivity contribution in [2.45, 2.75) is 77.9 Å². The van der Waals surface area contributed by atoms with Gasteiger partial charge in [-0.3, -0.25) is 4.79 Å². The molecule has 1 amide bonds. The van der Waals surface area contributed by atoms with E-state index in [1.165, 1.54) is 0 Å². The fraction of sp³-hybridized carbons (Fsp3) is 0.875. The number of hydrogen-bond acceptors (Lipinski definition) is 3. The van der Waals surface area contributed by atoms with Crippen LogP contribution in [0.25, 0.3) is 0 Å². The molecule has 1 fully saturated rings. The molecular formula is C16H29NO4. The van der Waals surface area contributed by atoms with Gasteiger partial charge >= 0.3 is 12.1 Å². The van der Waals surface area contributed by atoms with Crippen LogP contribution >= 0.6 is 0 Å². The van der Waals surface area contributed by atoms with E-state index in [2.05, 4.69) is 5.32 Å². The molecule has 1 saturated carbocycles. The van der Waals surface area contributed by atoms with E-state index in [0.29, 0.717) is 12.8 Å². The highest BCUT2D eigenvalue weighted by Gasteiger charge is 2.47. The number of hydrogen-bond donors (Lipinski definition) is 2. The predicted octanol–water partition coefficient (Wildman–Crippen LogP) is 3.57. The van der Waals surface area contributed by atoms with Crippen molar-refractivity contribution in [1.29, 1.82) is 0 Å². The van der Waals surface area contributed by atoms with Crippen LogP contribution in [0.3, 0.4) is 0 Å². The number of nitrogens with one attached hydrogen (secondary N) is 1. The summed E-state index contributed by atoms with van der Waals surface area (Å²) in [4.78, 5) is 23.9. The molecule has 1 aliphatic rings. The van der Waals surface area contributed by atoms with E-state index in [9.17, 15) is 14.7 Å². The molecule has 0 aromatic rings. The monoisotopic (exact) mass is 299 g/mol. The summed E-state index contributed by atoms with van der Waals surface area (Å²) in [6.45, 7) is 9.20. The van der Waals surface area contributed by atoms with E-state index in [1.54, 1.807) is 20.8 Å². The van der Waals surface area contributed by atoms with E-state index in [-0.39, 0.29) is 5.92 Å². The maximum absolute atomic E-state index is 12.2. The fourth-order valence-corrected chi connectivity index (χ4v) is 3.36. The summed E-state index contributed by atoms with van der Waals surface area (Å²) in [6, 6.07) is 0. The van der Waals surface area contributed by atoms with Crippen molar-refractivity contribution in [3.63, 3.8) is 0 Å². The molecule has 2 N–H and O–H groups in total. The van der Waals surface area contributed by atoms with Crippen LogP contribution in [0, 0.1) is 11.8 Å². The van der Waals surface area contributed by atoms with Crippen LogP contribution in [0.5, 0.6) is 0 Å². The zero-order valence-electron chi connectivity index (χ0n) is 13.9. The van der Waals surface area contributed by atoms with Crippen LogP contribution in [-0.4, -0.2) is 28.3 Å². The Hall–Kier alpha value is -1.26. The number of carbonyl (C=O) groups excluding carboxylic acids is 1. The highest BCUT2D eigenvalue weighted by atomic mass is 16.6. The normalized spacial score (nSPS) is 19.9. The Morgan fingerprint density at radius 2 is 1.67 bits per heavy atom. The molecule has 0 radical (unpaired) electrons. The zero-order valence-corrected chi connectivity index (χ0v) is 13.9. The van der Waals surface area contributed by atoms with Gasteiger partial charge in [-0.1, -0.05) is 33.1 Å². The Morgan fingerprint density at radius 3 is 2.05 bits per heavy atom. The van der Waals surface area contributed by atoms with Crippen molar-refractivity contribution >= 4 is 12.1 Å². The summed E-state index contributed by atoms with van der Waals surface area (Å²) < 4.78 is 5.33. The first-order valence-electron chi connectivity index (χ1n) is 7.81. The molecule has 1 aliphatic carbocycles. The van der Waals surface area contributed by atoms with Gasteiger partial charge in [-0.15, -0.1) is 0 Å². The number of aliphatic carboxylic acids is 1. The van der Waals surface area contributed by atoms with E-state index in [0.717, 1.165) is 19.3 Å². The minimum absolute atomic E-state index is 0.0458. The van der Waals surface area contributed by atoms with Crippen molar-refractivity contribution in [2.24, 2.45) is 11.8 Å². The fourth-order valence-electron chi connectivity index (χ4n) is 3.36. The summed E-state index contributed by atoms with van der Waals surface area (Å²) in [6.07, 6.45) is 3.83. The number of carboxylic acids is 1. The number of ether oxygens (including phenoxy) is 1. The molecule has 0 bridgehead atoms. The summed E-state index contributed by atoms with van der Waals surface area (Å²) in [7, 11) is 0. The van der Waals surface area contributed by atoms with Crippen molar-refractivity contribution in [1.82, 2.24) is 5.32 Å². The molecular weight excluding hydrogens is 270 g/mol. The average Bonchev–Trinajstić information content (AvgIpc) is 2.25. The highest BCUT2D eigenvalue weighted by Crippen LogP contribution is 2.38. The van der Waals surface area contributed by atoms with Crippen LogP contribution < -0.4 is 5.32 Å². The first-order chi connectivity index (χ1) is 9.57. The molecule has 0 spiro atoms. The van der Waals surface area contributed by atoms with Gasteiger partial charge in [0.2, 0.25) is 0 Å². The van der Waals surface area contributed by atoms with Crippen molar-refractivity contribution < 1.29 is 19.4 Å². The molecule has 0 aromatic carbocycles. The lowest BCUT2D eigenvalue weighted by Crippen LogP contribution is -2.59. The number of alkyl carbamates (subject to hydrolysis) is 1. The highest BCUT2D eigenvalue weighted by molar-refractivity contribution is 5.75. The number of rotatable bonds is 4. The van der Waals surface area contributed by atoms with Crippen LogP contribution in [0.15, 0.2) is 0 Å². The van der Waals surface area contributed by atoms with Gasteiger partial charge in [0.05, 0.1) is 11.5 Å². The van der Waals surface area contributed by atoms with Crippen molar-refractivity contribution in [3.05, 3.63) is 0 Å². The Balaban J connectivity index is 2.98. The second-order valence-electron chi connectivity index (χ2n) is 7.40. The molecule has 0 aliphatic heterocycles. The third-order valence-corrected chi connectivity index (χ3v) is 4.02. The Morgan fingerprint density at radius 1 is 1.14 bits per heavy atom. The third kappa shape index (κ3) is 4.90. The largest absolute Gasteiger partial charge is 0.481 e. The molecule has 0 heterocycles. The molecule has 1 unspecified atom stereocenters. The maximum Gasteiger partial charge on any atom is 0.408 e. The summed E-state index contributed by atoms with van der Waals surface area (Å²) in [5.74, 6) is -1.48. The van der Waals surface area contributed by atoms with Crippen LogP contribution in [0.1, 0.15) is 66.7 Å². The quantitative estimate of drug-likeness (QED) is 0.832. The first-order valence-corrected chi connectivity index (χ1v) is 7.81. The lowest BCUT2D eigenvalue weighted by molar-refractivity contribution is -0.147. The predicted molar refractivity (Wildman–Crippen MR) is 81.1 cm³/mol. The molecule has 5 nitrogen and oxygen atoms in total. The zero-order chi connectivity index (χ0) is 16.3. The standard InChI is InChI=1S/C16H29NO4/c1-11(2)12(13(18)19)16(9-7-6-8-10-16)17-14(20)21-15(3,4)5/h11-12H,6-10H2,1-5H3,(H,17,20)(H,18,19). The Kier molecular flexibility index (Phi) is 5.65. The van der Waals surface area contributed by atoms with Crippen LogP contribution in [-0.2, 0) is 9.53 Å². The molecule has 122 valence electrons. The minimum Gasteiger partial charge on any atom is -0.481 e. The van der Waals surface area contributed by atoms with Gasteiger partial charge in [0.25, 0.3) is 0 Å². The SMILES string of the molecule is CC(C)C(C(=O)O)C1(NC(=O)OC(C)(C)C)CCCCC1. The van der Waals surface area contributed by atoms with E-state index in [4.69, 9.17) is 4.74 Å². The summed E-state index contributed by atoms with van der Waals surface area (Å²) in [5, 5.41) is 12.5. The second kappa shape index (κ2) is 6.67. The molecule has 5 heteroatoms. The van der Waals surface area contributed by atoms with E-state index in [1.807, 2.05) is 13.8 Å². The van der Waals surface area contributed by atoms with E-state index >= 15 is 0 Å². The average molecular weight is 299 g/mol. The van der Waals surface area contributed by atoms with E-state index < -0.39 is 29.1 Å². The molecule has 0 saturated heterocycles. The molecule has 1 rings (SSSR count). The Labute approximate surface area is 127 Å². The van der Waals surface area contributed by atoms with Crippen LogP contribution in [0.4, 0.5) is 4.79 Å². The third-order valence-electron chi connectivity index (χ3n) is 4.02. The first kappa shape index (κ1) is 17.8. The van der Waals surface area contributed by atoms with Gasteiger partial charge in [-0.2, -0.15) is 0 Å². The lowest BCUT2D eigenvalue weighted by atomic mass is 9.68.